The molecule has 1 fully saturated rings. The molecule has 2 amide bonds. The number of hydrogen-bond donors (Lipinski definition) is 2. The van der Waals surface area contributed by atoms with E-state index in [2.05, 4.69) is 10.6 Å². The number of ether oxygens (including phenoxy) is 1. The van der Waals surface area contributed by atoms with E-state index in [1.165, 1.54) is 13.3 Å². The van der Waals surface area contributed by atoms with Crippen molar-refractivity contribution >= 4 is 34.9 Å². The molecule has 30 heavy (non-hydrogen) atoms. The molecule has 0 aliphatic heterocycles. The van der Waals surface area contributed by atoms with Gasteiger partial charge < -0.3 is 15.4 Å². The van der Waals surface area contributed by atoms with Gasteiger partial charge in [0.1, 0.15) is 5.75 Å². The zero-order chi connectivity index (χ0) is 21.5. The van der Waals surface area contributed by atoms with Gasteiger partial charge in [0, 0.05) is 17.3 Å². The number of anilines is 1. The highest BCUT2D eigenvalue weighted by Gasteiger charge is 2.19. The normalized spacial score (nSPS) is 14.1. The third-order valence-electron chi connectivity index (χ3n) is 5.07. The van der Waals surface area contributed by atoms with E-state index in [1.54, 1.807) is 42.5 Å². The highest BCUT2D eigenvalue weighted by molar-refractivity contribution is 6.34. The maximum Gasteiger partial charge on any atom is 0.262 e. The third-order valence-corrected chi connectivity index (χ3v) is 5.40. The minimum Gasteiger partial charge on any atom is -0.484 e. The molecule has 1 saturated carbocycles. The minimum absolute atomic E-state index is 0.0367. The van der Waals surface area contributed by atoms with Crippen LogP contribution in [0.5, 0.6) is 5.75 Å². The van der Waals surface area contributed by atoms with E-state index in [0.29, 0.717) is 27.6 Å². The Kier molecular flexibility index (Phi) is 7.46. The number of rotatable bonds is 7. The summed E-state index contributed by atoms with van der Waals surface area (Å²) in [5.41, 5.74) is 1.38. The van der Waals surface area contributed by atoms with Crippen molar-refractivity contribution in [3.8, 4) is 5.75 Å². The molecule has 2 aromatic rings. The second-order valence-corrected chi connectivity index (χ2v) is 7.83. The number of carbonyl (C=O) groups excluding carboxylic acids is 3. The van der Waals surface area contributed by atoms with Crippen LogP contribution in [-0.2, 0) is 4.79 Å². The van der Waals surface area contributed by atoms with E-state index in [4.69, 9.17) is 16.3 Å². The molecule has 0 saturated heterocycles. The van der Waals surface area contributed by atoms with E-state index in [9.17, 15) is 14.4 Å². The molecule has 2 aromatic carbocycles. The largest absolute Gasteiger partial charge is 0.484 e. The third kappa shape index (κ3) is 6.07. The summed E-state index contributed by atoms with van der Waals surface area (Å²) in [6.45, 7) is 1.28. The van der Waals surface area contributed by atoms with Crippen LogP contribution in [-0.4, -0.2) is 30.2 Å². The molecule has 2 N–H and O–H groups in total. The van der Waals surface area contributed by atoms with Crippen molar-refractivity contribution in [1.82, 2.24) is 5.32 Å². The predicted octanol–water partition coefficient (Wildman–Crippen LogP) is 4.62. The molecule has 0 radical (unpaired) electrons. The van der Waals surface area contributed by atoms with Crippen molar-refractivity contribution in [1.29, 1.82) is 0 Å². The van der Waals surface area contributed by atoms with Gasteiger partial charge in [-0.3, -0.25) is 14.4 Å². The molecule has 1 aliphatic rings. The van der Waals surface area contributed by atoms with Crippen LogP contribution in [0.15, 0.2) is 42.5 Å². The highest BCUT2D eigenvalue weighted by Crippen LogP contribution is 2.23. The first-order valence-electron chi connectivity index (χ1n) is 10.1. The fourth-order valence-corrected chi connectivity index (χ4v) is 3.62. The van der Waals surface area contributed by atoms with Gasteiger partial charge >= 0.3 is 0 Å². The molecule has 0 spiro atoms. The summed E-state index contributed by atoms with van der Waals surface area (Å²) in [5.74, 6) is -0.152. The van der Waals surface area contributed by atoms with E-state index in [-0.39, 0.29) is 30.2 Å². The topological polar surface area (TPSA) is 84.5 Å². The predicted molar refractivity (Wildman–Crippen MR) is 116 cm³/mol. The Morgan fingerprint density at radius 3 is 2.40 bits per heavy atom. The lowest BCUT2D eigenvalue weighted by Crippen LogP contribution is -2.36. The number of Topliss-reactive ketones (excluding diaryl/α,β-unsaturated/α-hetero) is 1. The zero-order valence-corrected chi connectivity index (χ0v) is 17.6. The Morgan fingerprint density at radius 1 is 1.03 bits per heavy atom. The number of halogens is 1. The lowest BCUT2D eigenvalue weighted by Gasteiger charge is -2.23. The van der Waals surface area contributed by atoms with Crippen LogP contribution in [0.25, 0.3) is 0 Å². The summed E-state index contributed by atoms with van der Waals surface area (Å²) in [5, 5.41) is 6.08. The van der Waals surface area contributed by atoms with Crippen LogP contribution in [0.4, 0.5) is 5.69 Å². The summed E-state index contributed by atoms with van der Waals surface area (Å²) in [4.78, 5) is 36.1. The monoisotopic (exact) mass is 428 g/mol. The second kappa shape index (κ2) is 10.3. The van der Waals surface area contributed by atoms with E-state index in [0.717, 1.165) is 25.7 Å². The Bertz CT molecular complexity index is 921. The summed E-state index contributed by atoms with van der Waals surface area (Å²) >= 11 is 6.20. The van der Waals surface area contributed by atoms with Gasteiger partial charge in [-0.1, -0.05) is 30.9 Å². The van der Waals surface area contributed by atoms with Crippen LogP contribution < -0.4 is 15.4 Å². The summed E-state index contributed by atoms with van der Waals surface area (Å²) < 4.78 is 5.45. The van der Waals surface area contributed by atoms with Gasteiger partial charge in [-0.15, -0.1) is 0 Å². The Morgan fingerprint density at radius 2 is 1.73 bits per heavy atom. The van der Waals surface area contributed by atoms with E-state index in [1.807, 2.05) is 0 Å². The lowest BCUT2D eigenvalue weighted by molar-refractivity contribution is -0.118. The molecule has 0 atom stereocenters. The average Bonchev–Trinajstić information content (AvgIpc) is 2.74. The molecular formula is C23H25ClN2O4. The zero-order valence-electron chi connectivity index (χ0n) is 16.9. The minimum atomic E-state index is -0.369. The molecule has 0 heterocycles. The molecule has 0 unspecified atom stereocenters. The maximum atomic E-state index is 12.6. The van der Waals surface area contributed by atoms with Gasteiger partial charge in [-0.05, 0) is 62.2 Å². The number of hydrogen-bond acceptors (Lipinski definition) is 4. The smallest absolute Gasteiger partial charge is 0.262 e. The van der Waals surface area contributed by atoms with Gasteiger partial charge in [0.25, 0.3) is 11.8 Å². The second-order valence-electron chi connectivity index (χ2n) is 7.42. The van der Waals surface area contributed by atoms with Gasteiger partial charge in [0.15, 0.2) is 12.4 Å². The van der Waals surface area contributed by atoms with Crippen LogP contribution in [0, 0.1) is 0 Å². The molecular weight excluding hydrogens is 404 g/mol. The first kappa shape index (κ1) is 21.8. The van der Waals surface area contributed by atoms with Crippen LogP contribution in [0.3, 0.4) is 0 Å². The van der Waals surface area contributed by atoms with E-state index < -0.39 is 0 Å². The van der Waals surface area contributed by atoms with Gasteiger partial charge in [0.2, 0.25) is 0 Å². The number of amides is 2. The maximum absolute atomic E-state index is 12.6. The summed E-state index contributed by atoms with van der Waals surface area (Å²) in [6.07, 6.45) is 5.39. The molecule has 1 aliphatic carbocycles. The Labute approximate surface area is 180 Å². The van der Waals surface area contributed by atoms with Crippen molar-refractivity contribution in [2.75, 3.05) is 11.9 Å². The van der Waals surface area contributed by atoms with Crippen molar-refractivity contribution in [2.24, 2.45) is 0 Å². The fraction of sp³-hybridized carbons (Fsp3) is 0.348. The number of benzene rings is 2. The van der Waals surface area contributed by atoms with Gasteiger partial charge in [0.05, 0.1) is 10.6 Å². The molecule has 158 valence electrons. The van der Waals surface area contributed by atoms with E-state index >= 15 is 0 Å². The molecule has 7 heteroatoms. The standard InChI is InChI=1S/C23H25ClN2O4/c1-15(27)16-7-10-19(11-8-16)30-14-22(28)25-18-9-12-21(24)20(13-18)23(29)26-17-5-3-2-4-6-17/h7-13,17H,2-6,14H2,1H3,(H,25,28)(H,26,29). The van der Waals surface area contributed by atoms with Crippen molar-refractivity contribution in [3.63, 3.8) is 0 Å². The van der Waals surface area contributed by atoms with Crippen molar-refractivity contribution in [2.45, 2.75) is 45.1 Å². The number of nitrogens with one attached hydrogen (secondary N) is 2. The number of ketones is 1. The van der Waals surface area contributed by atoms with Crippen LogP contribution >= 0.6 is 11.6 Å². The van der Waals surface area contributed by atoms with Crippen molar-refractivity contribution in [3.05, 3.63) is 58.6 Å². The summed E-state index contributed by atoms with van der Waals surface area (Å²) in [7, 11) is 0. The fourth-order valence-electron chi connectivity index (χ4n) is 3.42. The molecule has 0 bridgehead atoms. The Balaban J connectivity index is 1.56. The molecule has 6 nitrogen and oxygen atoms in total. The lowest BCUT2D eigenvalue weighted by atomic mass is 9.95. The quantitative estimate of drug-likeness (QED) is 0.630. The molecule has 3 rings (SSSR count). The van der Waals surface area contributed by atoms with Gasteiger partial charge in [-0.25, -0.2) is 0 Å². The first-order valence-corrected chi connectivity index (χ1v) is 10.4. The van der Waals surface area contributed by atoms with Crippen molar-refractivity contribution < 1.29 is 19.1 Å². The SMILES string of the molecule is CC(=O)c1ccc(OCC(=O)Nc2ccc(Cl)c(C(=O)NC3CCCCC3)c2)cc1. The average molecular weight is 429 g/mol. The first-order chi connectivity index (χ1) is 14.4. The van der Waals surface area contributed by atoms with Gasteiger partial charge in [-0.2, -0.15) is 0 Å². The summed E-state index contributed by atoms with van der Waals surface area (Å²) in [6, 6.07) is 11.5. The van der Waals surface area contributed by atoms with Crippen LogP contribution in [0.1, 0.15) is 59.7 Å². The Hall–Kier alpha value is -2.86. The highest BCUT2D eigenvalue weighted by atomic mass is 35.5. The molecule has 0 aromatic heterocycles. The number of carbonyl (C=O) groups is 3. The van der Waals surface area contributed by atoms with Crippen LogP contribution in [0.2, 0.25) is 5.02 Å².